The number of amides is 1. The minimum atomic E-state index is -0.236. The molecule has 1 aromatic heterocycles. The molecule has 6 heteroatoms. The van der Waals surface area contributed by atoms with Gasteiger partial charge in [-0.25, -0.2) is 0 Å². The summed E-state index contributed by atoms with van der Waals surface area (Å²) in [5, 5.41) is 6.82. The largest absolute Gasteiger partial charge is 0.383 e. The Morgan fingerprint density at radius 3 is 2.75 bits per heavy atom. The number of nitrogens with zero attached hydrogens (tertiary/aromatic N) is 2. The molecule has 0 spiro atoms. The number of ether oxygens (including phenoxy) is 1. The van der Waals surface area contributed by atoms with E-state index in [2.05, 4.69) is 15.4 Å². The van der Waals surface area contributed by atoms with Crippen molar-refractivity contribution < 1.29 is 14.1 Å². The fraction of sp³-hybridized carbons (Fsp3) is 0.444. The van der Waals surface area contributed by atoms with Crippen LogP contribution in [0.5, 0.6) is 0 Å². The molecule has 130 valence electrons. The van der Waals surface area contributed by atoms with Crippen LogP contribution in [0.25, 0.3) is 11.3 Å². The molecule has 0 bridgehead atoms. The van der Waals surface area contributed by atoms with E-state index in [1.54, 1.807) is 13.2 Å². The second kappa shape index (κ2) is 9.20. The Kier molecular flexibility index (Phi) is 6.96. The van der Waals surface area contributed by atoms with E-state index in [1.165, 1.54) is 5.56 Å². The van der Waals surface area contributed by atoms with Crippen molar-refractivity contribution in [2.24, 2.45) is 0 Å². The summed E-state index contributed by atoms with van der Waals surface area (Å²) < 4.78 is 10.2. The lowest BCUT2D eigenvalue weighted by molar-refractivity contribution is 0.0914. The van der Waals surface area contributed by atoms with E-state index < -0.39 is 0 Å². The van der Waals surface area contributed by atoms with E-state index in [4.69, 9.17) is 9.26 Å². The number of likely N-dealkylation sites (N-methyl/N-ethyl adjacent to an activating group) is 1. The van der Waals surface area contributed by atoms with Crippen LogP contribution in [0.15, 0.2) is 34.9 Å². The molecule has 0 unspecified atom stereocenters. The summed E-state index contributed by atoms with van der Waals surface area (Å²) in [6.07, 6.45) is 0.866. The molecule has 1 amide bonds. The first-order valence-corrected chi connectivity index (χ1v) is 8.09. The second-order valence-electron chi connectivity index (χ2n) is 5.85. The number of carbonyl (C=O) groups excluding carboxylic acids is 1. The zero-order chi connectivity index (χ0) is 17.4. The summed E-state index contributed by atoms with van der Waals surface area (Å²) in [6.45, 7) is 5.11. The Balaban J connectivity index is 1.78. The van der Waals surface area contributed by atoms with Crippen molar-refractivity contribution in [3.63, 3.8) is 0 Å². The van der Waals surface area contributed by atoms with Crippen LogP contribution in [0.1, 0.15) is 22.5 Å². The number of benzene rings is 1. The standard InChI is InChI=1S/C18H25N3O3/c1-14-5-7-15(8-6-14)16-13-17(24-20-16)18(22)19-9-4-10-21(2)11-12-23-3/h5-8,13H,4,9-12H2,1-3H3,(H,19,22). The van der Waals surface area contributed by atoms with Crippen molar-refractivity contribution in [1.82, 2.24) is 15.4 Å². The summed E-state index contributed by atoms with van der Waals surface area (Å²) in [5.41, 5.74) is 2.78. The summed E-state index contributed by atoms with van der Waals surface area (Å²) in [4.78, 5) is 14.2. The minimum absolute atomic E-state index is 0.235. The molecule has 2 aromatic rings. The van der Waals surface area contributed by atoms with Gasteiger partial charge >= 0.3 is 0 Å². The van der Waals surface area contributed by atoms with Gasteiger partial charge in [-0.3, -0.25) is 4.79 Å². The van der Waals surface area contributed by atoms with Crippen molar-refractivity contribution in [1.29, 1.82) is 0 Å². The summed E-state index contributed by atoms with van der Waals surface area (Å²) in [6, 6.07) is 9.60. The van der Waals surface area contributed by atoms with Gasteiger partial charge in [0.15, 0.2) is 0 Å². The lowest BCUT2D eigenvalue weighted by Crippen LogP contribution is -2.29. The Morgan fingerprint density at radius 2 is 2.04 bits per heavy atom. The van der Waals surface area contributed by atoms with Crippen LogP contribution in [-0.4, -0.2) is 56.4 Å². The maximum absolute atomic E-state index is 12.1. The van der Waals surface area contributed by atoms with Crippen LogP contribution < -0.4 is 5.32 Å². The molecule has 2 rings (SSSR count). The average molecular weight is 331 g/mol. The zero-order valence-corrected chi connectivity index (χ0v) is 14.5. The number of rotatable bonds is 9. The molecule has 0 saturated carbocycles. The van der Waals surface area contributed by atoms with Gasteiger partial charge in [0.05, 0.1) is 6.61 Å². The SMILES string of the molecule is COCCN(C)CCCNC(=O)c1cc(-c2ccc(C)cc2)no1. The van der Waals surface area contributed by atoms with Crippen LogP contribution in [0.3, 0.4) is 0 Å². The van der Waals surface area contributed by atoms with E-state index in [0.717, 1.165) is 25.1 Å². The zero-order valence-electron chi connectivity index (χ0n) is 14.5. The first-order valence-electron chi connectivity index (χ1n) is 8.09. The Labute approximate surface area is 142 Å². The third kappa shape index (κ3) is 5.47. The number of carbonyl (C=O) groups is 1. The van der Waals surface area contributed by atoms with Gasteiger partial charge in [-0.15, -0.1) is 0 Å². The van der Waals surface area contributed by atoms with E-state index in [1.807, 2.05) is 38.2 Å². The number of nitrogens with one attached hydrogen (secondary N) is 1. The molecule has 0 aliphatic carbocycles. The topological polar surface area (TPSA) is 67.6 Å². The lowest BCUT2D eigenvalue weighted by atomic mass is 10.1. The highest BCUT2D eigenvalue weighted by atomic mass is 16.5. The van der Waals surface area contributed by atoms with Gasteiger partial charge in [-0.1, -0.05) is 35.0 Å². The van der Waals surface area contributed by atoms with Gasteiger partial charge in [0.25, 0.3) is 5.91 Å². The van der Waals surface area contributed by atoms with Gasteiger partial charge < -0.3 is 19.5 Å². The molecular weight excluding hydrogens is 306 g/mol. The normalized spacial score (nSPS) is 11.0. The van der Waals surface area contributed by atoms with Crippen LogP contribution >= 0.6 is 0 Å². The highest BCUT2D eigenvalue weighted by Gasteiger charge is 2.13. The molecule has 6 nitrogen and oxygen atoms in total. The predicted octanol–water partition coefficient (Wildman–Crippen LogP) is 2.35. The van der Waals surface area contributed by atoms with Crippen LogP contribution in [0.4, 0.5) is 0 Å². The first kappa shape index (κ1) is 18.2. The van der Waals surface area contributed by atoms with Gasteiger partial charge in [0.2, 0.25) is 5.76 Å². The van der Waals surface area contributed by atoms with E-state index in [9.17, 15) is 4.79 Å². The minimum Gasteiger partial charge on any atom is -0.383 e. The fourth-order valence-corrected chi connectivity index (χ4v) is 2.24. The molecule has 0 radical (unpaired) electrons. The molecule has 0 aliphatic heterocycles. The maximum atomic E-state index is 12.1. The summed E-state index contributed by atoms with van der Waals surface area (Å²) in [5.74, 6) is -0.00119. The van der Waals surface area contributed by atoms with Crippen molar-refractivity contribution in [3.8, 4) is 11.3 Å². The number of aryl methyl sites for hydroxylation is 1. The number of methoxy groups -OCH3 is 1. The molecular formula is C18H25N3O3. The number of hydrogen-bond acceptors (Lipinski definition) is 5. The fourth-order valence-electron chi connectivity index (χ4n) is 2.24. The molecule has 1 N–H and O–H groups in total. The van der Waals surface area contributed by atoms with E-state index >= 15 is 0 Å². The monoisotopic (exact) mass is 331 g/mol. The van der Waals surface area contributed by atoms with Crippen LogP contribution in [-0.2, 0) is 4.74 Å². The van der Waals surface area contributed by atoms with Crippen LogP contribution in [0, 0.1) is 6.92 Å². The van der Waals surface area contributed by atoms with Crippen molar-refractivity contribution >= 4 is 5.91 Å². The first-order chi connectivity index (χ1) is 11.6. The lowest BCUT2D eigenvalue weighted by Gasteiger charge is -2.15. The average Bonchev–Trinajstić information content (AvgIpc) is 3.07. The van der Waals surface area contributed by atoms with Crippen molar-refractivity contribution in [2.45, 2.75) is 13.3 Å². The van der Waals surface area contributed by atoms with Crippen LogP contribution in [0.2, 0.25) is 0 Å². The third-order valence-corrected chi connectivity index (χ3v) is 3.76. The Hall–Kier alpha value is -2.18. The number of hydrogen-bond donors (Lipinski definition) is 1. The summed E-state index contributed by atoms with van der Waals surface area (Å²) in [7, 11) is 3.72. The van der Waals surface area contributed by atoms with E-state index in [0.29, 0.717) is 18.8 Å². The maximum Gasteiger partial charge on any atom is 0.289 e. The second-order valence-corrected chi connectivity index (χ2v) is 5.85. The van der Waals surface area contributed by atoms with Crippen molar-refractivity contribution in [2.75, 3.05) is 40.4 Å². The summed E-state index contributed by atoms with van der Waals surface area (Å²) >= 11 is 0. The Bertz CT molecular complexity index is 637. The molecule has 1 heterocycles. The molecule has 0 atom stereocenters. The molecule has 0 saturated heterocycles. The smallest absolute Gasteiger partial charge is 0.289 e. The predicted molar refractivity (Wildman–Crippen MR) is 93.0 cm³/mol. The van der Waals surface area contributed by atoms with Gasteiger partial charge in [0, 0.05) is 31.8 Å². The third-order valence-electron chi connectivity index (χ3n) is 3.76. The molecule has 1 aromatic carbocycles. The Morgan fingerprint density at radius 1 is 1.29 bits per heavy atom. The van der Waals surface area contributed by atoms with Gasteiger partial charge in [-0.2, -0.15) is 0 Å². The number of aromatic nitrogens is 1. The highest BCUT2D eigenvalue weighted by molar-refractivity contribution is 5.92. The highest BCUT2D eigenvalue weighted by Crippen LogP contribution is 2.19. The van der Waals surface area contributed by atoms with Crippen molar-refractivity contribution in [3.05, 3.63) is 41.7 Å². The molecule has 0 fully saturated rings. The quantitative estimate of drug-likeness (QED) is 0.715. The van der Waals surface area contributed by atoms with Gasteiger partial charge in [0.1, 0.15) is 5.69 Å². The van der Waals surface area contributed by atoms with Gasteiger partial charge in [-0.05, 0) is 26.9 Å². The molecule has 0 aliphatic rings. The molecule has 24 heavy (non-hydrogen) atoms. The van der Waals surface area contributed by atoms with E-state index in [-0.39, 0.29) is 11.7 Å².